The van der Waals surface area contributed by atoms with E-state index < -0.39 is 40.3 Å². The minimum absolute atomic E-state index is 0.549. The van der Waals surface area contributed by atoms with Gasteiger partial charge >= 0.3 is 24.1 Å². The van der Waals surface area contributed by atoms with Crippen LogP contribution in [0.5, 0.6) is 0 Å². The highest BCUT2D eigenvalue weighted by atomic mass is 19.4. The summed E-state index contributed by atoms with van der Waals surface area (Å²) in [7, 11) is 0. The molecule has 2 aromatic carbocycles. The molecule has 0 saturated carbocycles. The largest absolute Gasteiger partial charge is 0.460 e. The first kappa shape index (κ1) is 19.9. The first-order valence-electron chi connectivity index (χ1n) is 6.94. The minimum atomic E-state index is -6.97. The Bertz CT molecular complexity index is 687. The van der Waals surface area contributed by atoms with E-state index in [4.69, 9.17) is 0 Å². The van der Waals surface area contributed by atoms with E-state index in [1.165, 1.54) is 12.1 Å². The second-order valence-electron chi connectivity index (χ2n) is 5.19. The maximum absolute atomic E-state index is 14.5. The molecule has 0 aliphatic heterocycles. The molecule has 0 aliphatic rings. The van der Waals surface area contributed by atoms with Crippen molar-refractivity contribution in [3.63, 3.8) is 0 Å². The Labute approximate surface area is 141 Å². The van der Waals surface area contributed by atoms with Gasteiger partial charge in [-0.1, -0.05) is 36.4 Å². The van der Waals surface area contributed by atoms with E-state index in [0.717, 1.165) is 48.5 Å². The van der Waals surface area contributed by atoms with Gasteiger partial charge in [0.15, 0.2) is 0 Å². The number of anilines is 2. The molecule has 0 aromatic heterocycles. The van der Waals surface area contributed by atoms with E-state index in [2.05, 4.69) is 0 Å². The van der Waals surface area contributed by atoms with Crippen LogP contribution in [0.3, 0.4) is 0 Å². The Balaban J connectivity index is 2.67. The summed E-state index contributed by atoms with van der Waals surface area (Å²) in [5, 5.41) is 0. The quantitative estimate of drug-likeness (QED) is 0.433. The third kappa shape index (κ3) is 3.08. The zero-order valence-corrected chi connectivity index (χ0v) is 12.6. The second-order valence-corrected chi connectivity index (χ2v) is 5.19. The Morgan fingerprint density at radius 2 is 0.846 bits per heavy atom. The van der Waals surface area contributed by atoms with Gasteiger partial charge in [0.2, 0.25) is 0 Å². The van der Waals surface area contributed by atoms with Gasteiger partial charge in [-0.25, -0.2) is 0 Å². The Hall–Kier alpha value is -2.39. The fourth-order valence-corrected chi connectivity index (χ4v) is 2.13. The van der Waals surface area contributed by atoms with Gasteiger partial charge in [0, 0.05) is 11.4 Å². The lowest BCUT2D eigenvalue weighted by atomic mass is 10.1. The molecule has 0 N–H and O–H groups in total. The summed E-state index contributed by atoms with van der Waals surface area (Å²) in [5.74, 6) is -13.7. The number of nitrogens with zero attached hydrogens (tertiary/aromatic N) is 1. The number of halogens is 9. The molecule has 0 bridgehead atoms. The lowest BCUT2D eigenvalue weighted by molar-refractivity contribution is -0.394. The third-order valence-electron chi connectivity index (χ3n) is 3.44. The van der Waals surface area contributed by atoms with Gasteiger partial charge in [-0.05, 0) is 24.3 Å². The van der Waals surface area contributed by atoms with Crippen molar-refractivity contribution >= 4 is 11.4 Å². The highest BCUT2D eigenvalue weighted by Crippen LogP contribution is 2.55. The molecule has 0 radical (unpaired) electrons. The van der Waals surface area contributed by atoms with Crippen molar-refractivity contribution in [1.82, 2.24) is 0 Å². The monoisotopic (exact) mass is 387 g/mol. The van der Waals surface area contributed by atoms with Crippen LogP contribution in [-0.4, -0.2) is 24.1 Å². The number of benzene rings is 2. The molecular weight excluding hydrogens is 377 g/mol. The smallest absolute Gasteiger partial charge is 0.277 e. The molecule has 2 rings (SSSR count). The summed E-state index contributed by atoms with van der Waals surface area (Å²) in [6, 6.07) is 4.82. The Morgan fingerprint density at radius 1 is 0.500 bits per heavy atom. The Morgan fingerprint density at radius 3 is 1.15 bits per heavy atom. The summed E-state index contributed by atoms with van der Waals surface area (Å²) in [4.78, 5) is -0.549. The summed E-state index contributed by atoms with van der Waals surface area (Å²) in [6.45, 7) is 0. The highest BCUT2D eigenvalue weighted by molar-refractivity contribution is 5.65. The first-order valence-corrected chi connectivity index (χ1v) is 6.94. The van der Waals surface area contributed by atoms with Crippen molar-refractivity contribution in [2.24, 2.45) is 0 Å². The molecule has 0 unspecified atom stereocenters. The highest BCUT2D eigenvalue weighted by Gasteiger charge is 2.83. The van der Waals surface area contributed by atoms with E-state index in [0.29, 0.717) is 0 Å². The molecule has 142 valence electrons. The minimum Gasteiger partial charge on any atom is -0.277 e. The van der Waals surface area contributed by atoms with Crippen LogP contribution in [0.1, 0.15) is 0 Å². The predicted octanol–water partition coefficient (Wildman–Crippen LogP) is 6.25. The molecule has 0 saturated heterocycles. The number of rotatable bonds is 5. The lowest BCUT2D eigenvalue weighted by Gasteiger charge is -2.40. The van der Waals surface area contributed by atoms with E-state index in [1.54, 1.807) is 0 Å². The van der Waals surface area contributed by atoms with Gasteiger partial charge in [-0.2, -0.15) is 39.5 Å². The van der Waals surface area contributed by atoms with Crippen molar-refractivity contribution in [3.05, 3.63) is 60.7 Å². The maximum atomic E-state index is 14.5. The molecule has 2 aromatic rings. The van der Waals surface area contributed by atoms with Crippen molar-refractivity contribution < 1.29 is 39.5 Å². The molecular formula is C16H10F9N. The molecule has 0 amide bonds. The summed E-state index contributed by atoms with van der Waals surface area (Å²) >= 11 is 0. The van der Waals surface area contributed by atoms with E-state index in [9.17, 15) is 39.5 Å². The van der Waals surface area contributed by atoms with Crippen LogP contribution in [0.15, 0.2) is 60.7 Å². The predicted molar refractivity (Wildman–Crippen MR) is 75.9 cm³/mol. The standard InChI is InChI=1S/C16H10F9N/c17-13(18,15(21,22)23)14(19,20)16(24,25)26(11-7-3-1-4-8-11)12-9-5-2-6-10-12/h1-10H. The van der Waals surface area contributed by atoms with Crippen LogP contribution < -0.4 is 4.90 Å². The van der Waals surface area contributed by atoms with Gasteiger partial charge in [0.05, 0.1) is 0 Å². The van der Waals surface area contributed by atoms with Gasteiger partial charge in [-0.3, -0.25) is 4.90 Å². The SMILES string of the molecule is FC(F)(F)C(F)(F)C(F)(F)C(F)(F)N(c1ccccc1)c1ccccc1. The second kappa shape index (κ2) is 6.40. The number of hydrogen-bond donors (Lipinski definition) is 0. The summed E-state index contributed by atoms with van der Waals surface area (Å²) < 4.78 is 120. The zero-order chi connectivity index (χ0) is 19.8. The van der Waals surface area contributed by atoms with Crippen molar-refractivity contribution in [1.29, 1.82) is 0 Å². The molecule has 0 heterocycles. The van der Waals surface area contributed by atoms with Gasteiger partial charge in [0.25, 0.3) is 0 Å². The summed E-state index contributed by atoms with van der Waals surface area (Å²) in [6.07, 6.45) is -6.88. The van der Waals surface area contributed by atoms with Gasteiger partial charge < -0.3 is 0 Å². The molecule has 0 atom stereocenters. The number of hydrogen-bond acceptors (Lipinski definition) is 1. The average molecular weight is 387 g/mol. The lowest BCUT2D eigenvalue weighted by Crippen LogP contribution is -2.65. The Kier molecular flexibility index (Phi) is 4.91. The van der Waals surface area contributed by atoms with E-state index in [1.807, 2.05) is 0 Å². The third-order valence-corrected chi connectivity index (χ3v) is 3.44. The van der Waals surface area contributed by atoms with Crippen LogP contribution in [0.2, 0.25) is 0 Å². The molecule has 26 heavy (non-hydrogen) atoms. The van der Waals surface area contributed by atoms with Crippen LogP contribution in [0.4, 0.5) is 50.9 Å². The van der Waals surface area contributed by atoms with Crippen molar-refractivity contribution in [2.75, 3.05) is 4.90 Å². The summed E-state index contributed by atoms with van der Waals surface area (Å²) in [5.41, 5.74) is -1.39. The average Bonchev–Trinajstić information content (AvgIpc) is 2.55. The van der Waals surface area contributed by atoms with Gasteiger partial charge in [0.1, 0.15) is 0 Å². The topological polar surface area (TPSA) is 3.24 Å². The first-order chi connectivity index (χ1) is 11.8. The fraction of sp³-hybridized carbons (Fsp3) is 0.250. The van der Waals surface area contributed by atoms with Crippen molar-refractivity contribution in [3.8, 4) is 0 Å². The van der Waals surface area contributed by atoms with Gasteiger partial charge in [-0.15, -0.1) is 0 Å². The number of alkyl halides is 9. The maximum Gasteiger partial charge on any atom is 0.460 e. The number of para-hydroxylation sites is 2. The van der Waals surface area contributed by atoms with Crippen LogP contribution >= 0.6 is 0 Å². The van der Waals surface area contributed by atoms with Crippen molar-refractivity contribution in [2.45, 2.75) is 24.1 Å². The molecule has 0 aliphatic carbocycles. The van der Waals surface area contributed by atoms with Crippen LogP contribution in [0.25, 0.3) is 0 Å². The molecule has 0 spiro atoms. The van der Waals surface area contributed by atoms with Crippen LogP contribution in [-0.2, 0) is 0 Å². The molecule has 1 nitrogen and oxygen atoms in total. The fourth-order valence-electron chi connectivity index (χ4n) is 2.13. The van der Waals surface area contributed by atoms with E-state index >= 15 is 0 Å². The van der Waals surface area contributed by atoms with E-state index in [-0.39, 0.29) is 0 Å². The molecule has 0 fully saturated rings. The normalized spacial score (nSPS) is 13.6. The van der Waals surface area contributed by atoms with Crippen LogP contribution in [0, 0.1) is 0 Å². The molecule has 10 heteroatoms. The zero-order valence-electron chi connectivity index (χ0n) is 12.6.